The van der Waals surface area contributed by atoms with Gasteiger partial charge in [0, 0.05) is 6.61 Å². The highest BCUT2D eigenvalue weighted by Gasteiger charge is 2.09. The molecule has 0 unspecified atom stereocenters. The minimum atomic E-state index is -0.261. The second-order valence-corrected chi connectivity index (χ2v) is 5.35. The fourth-order valence-electron chi connectivity index (χ4n) is 1.88. The van der Waals surface area contributed by atoms with E-state index in [4.69, 9.17) is 9.47 Å². The molecule has 3 heteroatoms. The lowest BCUT2D eigenvalue weighted by Gasteiger charge is -2.09. The molecular weight excluding hydrogens is 252 g/mol. The smallest absolute Gasteiger partial charge is 0.338 e. The Hall–Kier alpha value is -1.35. The summed E-state index contributed by atoms with van der Waals surface area (Å²) in [6.07, 6.45) is 1.84. The first-order valence-electron chi connectivity index (χ1n) is 7.44. The number of hydrogen-bond acceptors (Lipinski definition) is 3. The van der Waals surface area contributed by atoms with Crippen LogP contribution in [0.3, 0.4) is 0 Å². The van der Waals surface area contributed by atoms with Crippen molar-refractivity contribution in [1.29, 1.82) is 0 Å². The molecule has 0 aliphatic heterocycles. The van der Waals surface area contributed by atoms with Gasteiger partial charge in [-0.15, -0.1) is 0 Å². The Morgan fingerprint density at radius 2 is 1.65 bits per heavy atom. The lowest BCUT2D eigenvalue weighted by atomic mass is 10.0. The normalized spacial score (nSPS) is 10.8. The number of aryl methyl sites for hydroxylation is 2. The number of benzene rings is 1. The Balaban J connectivity index is 2.50. The van der Waals surface area contributed by atoms with E-state index in [9.17, 15) is 4.79 Å². The van der Waals surface area contributed by atoms with Crippen molar-refractivity contribution in [2.45, 2.75) is 40.5 Å². The number of rotatable bonds is 8. The quantitative estimate of drug-likeness (QED) is 0.538. The molecule has 1 aromatic carbocycles. The molecular formula is C17H26O3. The van der Waals surface area contributed by atoms with Crippen LogP contribution in [-0.2, 0) is 22.3 Å². The van der Waals surface area contributed by atoms with Gasteiger partial charge in [0.1, 0.15) is 6.61 Å². The SMILES string of the molecule is CCc1cc(CC)cc(C(=O)OCCOCC(C)C)c1. The van der Waals surface area contributed by atoms with Crippen molar-refractivity contribution in [3.8, 4) is 0 Å². The fourth-order valence-corrected chi connectivity index (χ4v) is 1.88. The molecule has 0 saturated carbocycles. The highest BCUT2D eigenvalue weighted by Crippen LogP contribution is 2.13. The van der Waals surface area contributed by atoms with Crippen LogP contribution in [-0.4, -0.2) is 25.8 Å². The van der Waals surface area contributed by atoms with Crippen LogP contribution in [0.2, 0.25) is 0 Å². The van der Waals surface area contributed by atoms with E-state index < -0.39 is 0 Å². The van der Waals surface area contributed by atoms with Gasteiger partial charge in [-0.1, -0.05) is 33.8 Å². The van der Waals surface area contributed by atoms with Crippen molar-refractivity contribution in [3.05, 3.63) is 34.9 Å². The van der Waals surface area contributed by atoms with Gasteiger partial charge in [0.05, 0.1) is 12.2 Å². The molecule has 0 atom stereocenters. The standard InChI is InChI=1S/C17H26O3/c1-5-14-9-15(6-2)11-16(10-14)17(18)20-8-7-19-12-13(3)4/h9-11,13H,5-8,12H2,1-4H3. The molecule has 1 aromatic rings. The Bertz CT molecular complexity index is 402. The van der Waals surface area contributed by atoms with Gasteiger partial charge in [-0.2, -0.15) is 0 Å². The lowest BCUT2D eigenvalue weighted by molar-refractivity contribution is 0.0277. The number of ether oxygens (including phenoxy) is 2. The van der Waals surface area contributed by atoms with Crippen molar-refractivity contribution in [2.75, 3.05) is 19.8 Å². The van der Waals surface area contributed by atoms with E-state index in [1.807, 2.05) is 12.1 Å². The van der Waals surface area contributed by atoms with Gasteiger partial charge < -0.3 is 9.47 Å². The van der Waals surface area contributed by atoms with Gasteiger partial charge in [-0.25, -0.2) is 4.79 Å². The third-order valence-electron chi connectivity index (χ3n) is 3.02. The van der Waals surface area contributed by atoms with Gasteiger partial charge in [0.25, 0.3) is 0 Å². The Labute approximate surface area is 122 Å². The molecule has 20 heavy (non-hydrogen) atoms. The number of esters is 1. The van der Waals surface area contributed by atoms with Crippen LogP contribution in [0.25, 0.3) is 0 Å². The predicted molar refractivity (Wildman–Crippen MR) is 81.1 cm³/mol. The molecule has 0 aromatic heterocycles. The van der Waals surface area contributed by atoms with E-state index in [2.05, 4.69) is 33.8 Å². The molecule has 0 spiro atoms. The molecule has 0 aliphatic carbocycles. The topological polar surface area (TPSA) is 35.5 Å². The number of carbonyl (C=O) groups excluding carboxylic acids is 1. The zero-order valence-corrected chi connectivity index (χ0v) is 13.1. The minimum Gasteiger partial charge on any atom is -0.460 e. The van der Waals surface area contributed by atoms with E-state index in [0.29, 0.717) is 31.3 Å². The van der Waals surface area contributed by atoms with E-state index >= 15 is 0 Å². The summed E-state index contributed by atoms with van der Waals surface area (Å²) in [5.74, 6) is 0.238. The van der Waals surface area contributed by atoms with Gasteiger partial charge in [0.15, 0.2) is 0 Å². The molecule has 0 N–H and O–H groups in total. The second kappa shape index (κ2) is 8.75. The first-order valence-corrected chi connectivity index (χ1v) is 7.44. The number of hydrogen-bond donors (Lipinski definition) is 0. The summed E-state index contributed by atoms with van der Waals surface area (Å²) in [4.78, 5) is 12.0. The van der Waals surface area contributed by atoms with Crippen LogP contribution < -0.4 is 0 Å². The van der Waals surface area contributed by atoms with Crippen LogP contribution in [0.5, 0.6) is 0 Å². The molecule has 0 radical (unpaired) electrons. The van der Waals surface area contributed by atoms with Crippen molar-refractivity contribution < 1.29 is 14.3 Å². The van der Waals surface area contributed by atoms with Gasteiger partial charge in [-0.3, -0.25) is 0 Å². The highest BCUT2D eigenvalue weighted by molar-refractivity contribution is 5.89. The summed E-state index contributed by atoms with van der Waals surface area (Å²) < 4.78 is 10.6. The molecule has 0 bridgehead atoms. The van der Waals surface area contributed by atoms with Crippen molar-refractivity contribution in [3.63, 3.8) is 0 Å². The molecule has 0 amide bonds. The number of carbonyl (C=O) groups is 1. The summed E-state index contributed by atoms with van der Waals surface area (Å²) in [5, 5.41) is 0. The zero-order chi connectivity index (χ0) is 15.0. The van der Waals surface area contributed by atoms with Crippen LogP contribution in [0.4, 0.5) is 0 Å². The monoisotopic (exact) mass is 278 g/mol. The molecule has 0 heterocycles. The van der Waals surface area contributed by atoms with E-state index in [1.54, 1.807) is 0 Å². The molecule has 3 nitrogen and oxygen atoms in total. The van der Waals surface area contributed by atoms with E-state index in [-0.39, 0.29) is 5.97 Å². The van der Waals surface area contributed by atoms with E-state index in [1.165, 1.54) is 11.1 Å². The molecule has 0 saturated heterocycles. The molecule has 112 valence electrons. The molecule has 0 fully saturated rings. The maximum atomic E-state index is 12.0. The summed E-state index contributed by atoms with van der Waals surface area (Å²) >= 11 is 0. The summed E-state index contributed by atoms with van der Waals surface area (Å²) in [5.41, 5.74) is 2.99. The average Bonchev–Trinajstić information content (AvgIpc) is 2.45. The average molecular weight is 278 g/mol. The first-order chi connectivity index (χ1) is 9.56. The summed E-state index contributed by atoms with van der Waals surface area (Å²) in [7, 11) is 0. The lowest BCUT2D eigenvalue weighted by Crippen LogP contribution is -2.13. The predicted octanol–water partition coefficient (Wildman–Crippen LogP) is 3.64. The Kier molecular flexibility index (Phi) is 7.31. The maximum absolute atomic E-state index is 12.0. The van der Waals surface area contributed by atoms with Gasteiger partial charge >= 0.3 is 5.97 Å². The third-order valence-corrected chi connectivity index (χ3v) is 3.02. The fraction of sp³-hybridized carbons (Fsp3) is 0.588. The van der Waals surface area contributed by atoms with Crippen LogP contribution in [0, 0.1) is 5.92 Å². The zero-order valence-electron chi connectivity index (χ0n) is 13.1. The summed E-state index contributed by atoms with van der Waals surface area (Å²) in [6, 6.07) is 5.97. The van der Waals surface area contributed by atoms with Crippen molar-refractivity contribution in [2.24, 2.45) is 5.92 Å². The maximum Gasteiger partial charge on any atom is 0.338 e. The van der Waals surface area contributed by atoms with Gasteiger partial charge in [0.2, 0.25) is 0 Å². The Morgan fingerprint density at radius 3 is 2.15 bits per heavy atom. The first kappa shape index (κ1) is 16.7. The highest BCUT2D eigenvalue weighted by atomic mass is 16.6. The van der Waals surface area contributed by atoms with Crippen LogP contribution in [0.1, 0.15) is 49.2 Å². The van der Waals surface area contributed by atoms with Crippen LogP contribution >= 0.6 is 0 Å². The van der Waals surface area contributed by atoms with Crippen LogP contribution in [0.15, 0.2) is 18.2 Å². The largest absolute Gasteiger partial charge is 0.460 e. The van der Waals surface area contributed by atoms with Crippen molar-refractivity contribution >= 4 is 5.97 Å². The molecule has 1 rings (SSSR count). The summed E-state index contributed by atoms with van der Waals surface area (Å²) in [6.45, 7) is 9.82. The van der Waals surface area contributed by atoms with Crippen molar-refractivity contribution in [1.82, 2.24) is 0 Å². The van der Waals surface area contributed by atoms with E-state index in [0.717, 1.165) is 12.8 Å². The molecule has 0 aliphatic rings. The minimum absolute atomic E-state index is 0.261. The van der Waals surface area contributed by atoms with Gasteiger partial charge in [-0.05, 0) is 42.0 Å². The Morgan fingerprint density at radius 1 is 1.05 bits per heavy atom. The second-order valence-electron chi connectivity index (χ2n) is 5.35. The third kappa shape index (κ3) is 5.74.